The fraction of sp³-hybridized carbons (Fsp3) is 0.500. The molecular formula is C16H22ClN7O. The first kappa shape index (κ1) is 17.5. The molecule has 0 aliphatic carbocycles. The van der Waals surface area contributed by atoms with Gasteiger partial charge in [-0.05, 0) is 13.8 Å². The molecule has 0 bridgehead atoms. The summed E-state index contributed by atoms with van der Waals surface area (Å²) >= 11 is 6.15. The monoisotopic (exact) mass is 363 g/mol. The van der Waals surface area contributed by atoms with Crippen molar-refractivity contribution >= 4 is 29.1 Å². The highest BCUT2D eigenvalue weighted by Gasteiger charge is 2.23. The Morgan fingerprint density at radius 2 is 1.88 bits per heavy atom. The third-order valence-corrected chi connectivity index (χ3v) is 4.29. The average Bonchev–Trinajstić information content (AvgIpc) is 2.61. The molecule has 25 heavy (non-hydrogen) atoms. The predicted octanol–water partition coefficient (Wildman–Crippen LogP) is 2.00. The minimum Gasteiger partial charge on any atom is -0.478 e. The summed E-state index contributed by atoms with van der Waals surface area (Å²) in [4.78, 5) is 21.8. The lowest BCUT2D eigenvalue weighted by atomic mass is 10.3. The zero-order valence-electron chi connectivity index (χ0n) is 14.7. The molecule has 1 fully saturated rings. The summed E-state index contributed by atoms with van der Waals surface area (Å²) in [5.41, 5.74) is 1.65. The van der Waals surface area contributed by atoms with Gasteiger partial charge in [0.1, 0.15) is 12.0 Å². The van der Waals surface area contributed by atoms with Crippen LogP contribution in [0.3, 0.4) is 0 Å². The van der Waals surface area contributed by atoms with Crippen molar-refractivity contribution in [2.45, 2.75) is 13.8 Å². The summed E-state index contributed by atoms with van der Waals surface area (Å²) in [5.74, 6) is 2.15. The summed E-state index contributed by atoms with van der Waals surface area (Å²) in [6.07, 6.45) is 1.49. The van der Waals surface area contributed by atoms with Gasteiger partial charge in [0, 0.05) is 45.0 Å². The van der Waals surface area contributed by atoms with Crippen LogP contribution in [0, 0.1) is 6.92 Å². The Kier molecular flexibility index (Phi) is 5.37. The van der Waals surface area contributed by atoms with Gasteiger partial charge in [-0.2, -0.15) is 4.98 Å². The Morgan fingerprint density at radius 1 is 1.16 bits per heavy atom. The smallest absolute Gasteiger partial charge is 0.228 e. The third kappa shape index (κ3) is 3.84. The molecule has 1 aliphatic rings. The van der Waals surface area contributed by atoms with E-state index in [2.05, 4.69) is 35.1 Å². The number of nitrogens with zero attached hydrogens (tertiary/aromatic N) is 6. The number of piperazine rings is 1. The SMILES string of the molecule is CCOc1cc(C)nc(N2CCN(c3ncnc(Cl)c3NC)CC2)n1. The molecule has 2 aromatic rings. The van der Waals surface area contributed by atoms with Gasteiger partial charge in [-0.25, -0.2) is 15.0 Å². The van der Waals surface area contributed by atoms with Crippen molar-refractivity contribution in [3.05, 3.63) is 23.2 Å². The Hall–Kier alpha value is -2.35. The number of anilines is 3. The van der Waals surface area contributed by atoms with E-state index >= 15 is 0 Å². The molecule has 0 radical (unpaired) electrons. The minimum absolute atomic E-state index is 0.429. The fourth-order valence-corrected chi connectivity index (χ4v) is 3.04. The van der Waals surface area contributed by atoms with Crippen molar-refractivity contribution in [1.29, 1.82) is 0 Å². The van der Waals surface area contributed by atoms with Gasteiger partial charge < -0.3 is 19.9 Å². The van der Waals surface area contributed by atoms with Crippen molar-refractivity contribution in [3.8, 4) is 5.88 Å². The number of aryl methyl sites for hydroxylation is 1. The van der Waals surface area contributed by atoms with E-state index in [1.807, 2.05) is 27.0 Å². The number of aromatic nitrogens is 4. The standard InChI is InChI=1S/C16H22ClN7O/c1-4-25-12-9-11(2)21-16(22-12)24-7-5-23(6-8-24)15-13(18-3)14(17)19-10-20-15/h9-10,18H,4-8H2,1-3H3. The van der Waals surface area contributed by atoms with Crippen LogP contribution in [0.25, 0.3) is 0 Å². The topological polar surface area (TPSA) is 79.3 Å². The summed E-state index contributed by atoms with van der Waals surface area (Å²) in [7, 11) is 1.82. The van der Waals surface area contributed by atoms with E-state index in [9.17, 15) is 0 Å². The molecule has 0 unspecified atom stereocenters. The van der Waals surface area contributed by atoms with Crippen LogP contribution >= 0.6 is 11.6 Å². The van der Waals surface area contributed by atoms with Crippen molar-refractivity contribution < 1.29 is 4.74 Å². The highest BCUT2D eigenvalue weighted by molar-refractivity contribution is 6.32. The van der Waals surface area contributed by atoms with Crippen molar-refractivity contribution in [3.63, 3.8) is 0 Å². The number of hydrogen-bond donors (Lipinski definition) is 1. The number of ether oxygens (including phenoxy) is 1. The second kappa shape index (κ2) is 7.69. The molecule has 8 nitrogen and oxygen atoms in total. The van der Waals surface area contributed by atoms with Crippen LogP contribution in [0.1, 0.15) is 12.6 Å². The van der Waals surface area contributed by atoms with Crippen LogP contribution in [0.15, 0.2) is 12.4 Å². The lowest BCUT2D eigenvalue weighted by Gasteiger charge is -2.36. The van der Waals surface area contributed by atoms with E-state index in [0.29, 0.717) is 23.6 Å². The molecule has 0 saturated carbocycles. The molecule has 0 spiro atoms. The Morgan fingerprint density at radius 3 is 2.56 bits per heavy atom. The first-order chi connectivity index (χ1) is 12.1. The van der Waals surface area contributed by atoms with E-state index < -0.39 is 0 Å². The highest BCUT2D eigenvalue weighted by atomic mass is 35.5. The molecule has 1 aliphatic heterocycles. The van der Waals surface area contributed by atoms with E-state index in [1.165, 1.54) is 6.33 Å². The number of hydrogen-bond acceptors (Lipinski definition) is 8. The van der Waals surface area contributed by atoms with Gasteiger partial charge in [-0.15, -0.1) is 0 Å². The van der Waals surface area contributed by atoms with E-state index in [0.717, 1.165) is 43.4 Å². The fourth-order valence-electron chi connectivity index (χ4n) is 2.82. The molecule has 0 atom stereocenters. The van der Waals surface area contributed by atoms with Gasteiger partial charge in [-0.3, -0.25) is 0 Å². The summed E-state index contributed by atoms with van der Waals surface area (Å²) in [6, 6.07) is 1.85. The third-order valence-electron chi connectivity index (χ3n) is 4.00. The molecule has 0 amide bonds. The van der Waals surface area contributed by atoms with E-state index in [4.69, 9.17) is 16.3 Å². The second-order valence-corrected chi connectivity index (χ2v) is 6.03. The highest BCUT2D eigenvalue weighted by Crippen LogP contribution is 2.29. The minimum atomic E-state index is 0.429. The van der Waals surface area contributed by atoms with Crippen LogP contribution < -0.4 is 19.9 Å². The van der Waals surface area contributed by atoms with Crippen molar-refractivity contribution in [2.75, 3.05) is 55.0 Å². The summed E-state index contributed by atoms with van der Waals surface area (Å²) < 4.78 is 5.52. The molecule has 0 aromatic carbocycles. The molecule has 3 heterocycles. The summed E-state index contributed by atoms with van der Waals surface area (Å²) in [6.45, 7) is 7.66. The maximum Gasteiger partial charge on any atom is 0.228 e. The van der Waals surface area contributed by atoms with Gasteiger partial charge >= 0.3 is 0 Å². The van der Waals surface area contributed by atoms with Crippen molar-refractivity contribution in [1.82, 2.24) is 19.9 Å². The first-order valence-corrected chi connectivity index (χ1v) is 8.66. The zero-order valence-corrected chi connectivity index (χ0v) is 15.4. The van der Waals surface area contributed by atoms with Crippen LogP contribution in [-0.2, 0) is 0 Å². The molecule has 9 heteroatoms. The van der Waals surface area contributed by atoms with Crippen molar-refractivity contribution in [2.24, 2.45) is 0 Å². The lowest BCUT2D eigenvalue weighted by Crippen LogP contribution is -2.47. The van der Waals surface area contributed by atoms with Gasteiger partial charge in [0.2, 0.25) is 11.8 Å². The average molecular weight is 364 g/mol. The summed E-state index contributed by atoms with van der Waals surface area (Å²) in [5, 5.41) is 3.51. The molecule has 3 rings (SSSR count). The zero-order chi connectivity index (χ0) is 17.8. The van der Waals surface area contributed by atoms with E-state index in [-0.39, 0.29) is 0 Å². The van der Waals surface area contributed by atoms with Gasteiger partial charge in [-0.1, -0.05) is 11.6 Å². The van der Waals surface area contributed by atoms with Crippen LogP contribution in [0.5, 0.6) is 5.88 Å². The Labute approximate surface area is 152 Å². The molecule has 134 valence electrons. The van der Waals surface area contributed by atoms with Crippen LogP contribution in [0.2, 0.25) is 5.15 Å². The predicted molar refractivity (Wildman–Crippen MR) is 99.0 cm³/mol. The molecule has 1 N–H and O–H groups in total. The second-order valence-electron chi connectivity index (χ2n) is 5.67. The maximum atomic E-state index is 6.15. The molecule has 1 saturated heterocycles. The number of rotatable bonds is 5. The Balaban J connectivity index is 1.73. The normalized spacial score (nSPS) is 14.6. The molecule has 2 aromatic heterocycles. The lowest BCUT2D eigenvalue weighted by molar-refractivity contribution is 0.325. The number of nitrogens with one attached hydrogen (secondary N) is 1. The van der Waals surface area contributed by atoms with E-state index in [1.54, 1.807) is 0 Å². The Bertz CT molecular complexity index is 734. The maximum absolute atomic E-state index is 6.15. The quantitative estimate of drug-likeness (QED) is 0.808. The number of halogens is 1. The van der Waals surface area contributed by atoms with Crippen LogP contribution in [-0.4, -0.2) is 59.8 Å². The van der Waals surface area contributed by atoms with Gasteiger partial charge in [0.05, 0.1) is 6.61 Å². The van der Waals surface area contributed by atoms with Crippen LogP contribution in [0.4, 0.5) is 17.5 Å². The van der Waals surface area contributed by atoms with Gasteiger partial charge in [0.25, 0.3) is 0 Å². The largest absolute Gasteiger partial charge is 0.478 e. The first-order valence-electron chi connectivity index (χ1n) is 8.29. The molecular weight excluding hydrogens is 342 g/mol. The van der Waals surface area contributed by atoms with Gasteiger partial charge in [0.15, 0.2) is 11.0 Å².